The lowest BCUT2D eigenvalue weighted by Gasteiger charge is -2.28. The molecule has 0 spiro atoms. The van der Waals surface area contributed by atoms with Crippen LogP contribution in [-0.4, -0.2) is 32.1 Å². The molecule has 2 atom stereocenters. The van der Waals surface area contributed by atoms with Gasteiger partial charge in [0.15, 0.2) is 0 Å². The molecule has 0 bridgehead atoms. The van der Waals surface area contributed by atoms with Crippen LogP contribution in [0.1, 0.15) is 39.0 Å². The largest absolute Gasteiger partial charge is 0.494 e. The van der Waals surface area contributed by atoms with E-state index in [2.05, 4.69) is 17.6 Å². The van der Waals surface area contributed by atoms with Crippen molar-refractivity contribution in [3.05, 3.63) is 30.1 Å². The number of rotatable bonds is 9. The fourth-order valence-electron chi connectivity index (χ4n) is 3.07. The van der Waals surface area contributed by atoms with Gasteiger partial charge in [0.25, 0.3) is 0 Å². The third kappa shape index (κ3) is 8.54. The zero-order valence-corrected chi connectivity index (χ0v) is 15.7. The summed E-state index contributed by atoms with van der Waals surface area (Å²) in [5.41, 5.74) is 0. The first-order chi connectivity index (χ1) is 11.6. The second kappa shape index (κ2) is 12.1. The van der Waals surface area contributed by atoms with Crippen LogP contribution in [0.5, 0.6) is 5.75 Å². The zero-order chi connectivity index (χ0) is 17.2. The van der Waals surface area contributed by atoms with Crippen molar-refractivity contribution in [2.24, 2.45) is 11.8 Å². The number of nitrogens with one attached hydrogen (secondary N) is 2. The van der Waals surface area contributed by atoms with Gasteiger partial charge in [0, 0.05) is 13.0 Å². The summed E-state index contributed by atoms with van der Waals surface area (Å²) in [5, 5.41) is 6.40. The first-order valence-electron chi connectivity index (χ1n) is 9.01. The summed E-state index contributed by atoms with van der Waals surface area (Å²) in [5.74, 6) is 1.61. The summed E-state index contributed by atoms with van der Waals surface area (Å²) in [4.78, 5) is 12.0. The molecule has 1 amide bonds. The monoisotopic (exact) mass is 372 g/mol. The highest BCUT2D eigenvalue weighted by Gasteiger charge is 2.21. The van der Waals surface area contributed by atoms with Crippen molar-refractivity contribution >= 4 is 18.3 Å². The molecule has 0 aliphatic carbocycles. The van der Waals surface area contributed by atoms with Crippen LogP contribution in [0.4, 0.5) is 4.39 Å². The minimum Gasteiger partial charge on any atom is -0.494 e. The van der Waals surface area contributed by atoms with Crippen LogP contribution in [0.25, 0.3) is 0 Å². The molecule has 1 fully saturated rings. The van der Waals surface area contributed by atoms with Gasteiger partial charge in [-0.05, 0) is 74.9 Å². The Hall–Kier alpha value is -1.33. The highest BCUT2D eigenvalue weighted by Crippen LogP contribution is 2.22. The van der Waals surface area contributed by atoms with Crippen molar-refractivity contribution < 1.29 is 13.9 Å². The molecule has 2 rings (SSSR count). The molecular weight excluding hydrogens is 343 g/mol. The standard InChI is InChI=1S/C19H29FN2O2.ClH/c1-15(16-5-4-10-21-14-16)13-19(23)22-11-2-3-12-24-18-8-6-17(20)7-9-18;/h6-9,15-16,21H,2-5,10-14H2,1H3,(H,22,23);1H. The summed E-state index contributed by atoms with van der Waals surface area (Å²) >= 11 is 0. The predicted octanol–water partition coefficient (Wildman–Crippen LogP) is 3.55. The normalized spacial score (nSPS) is 18.1. The van der Waals surface area contributed by atoms with E-state index < -0.39 is 0 Å². The molecule has 1 aliphatic heterocycles. The van der Waals surface area contributed by atoms with Gasteiger partial charge in [-0.1, -0.05) is 6.92 Å². The Morgan fingerprint density at radius 3 is 2.80 bits per heavy atom. The topological polar surface area (TPSA) is 50.4 Å². The average molecular weight is 373 g/mol. The van der Waals surface area contributed by atoms with E-state index in [0.717, 1.165) is 25.9 Å². The minimum atomic E-state index is -0.261. The first-order valence-corrected chi connectivity index (χ1v) is 9.01. The number of carbonyl (C=O) groups excluding carboxylic acids is 1. The van der Waals surface area contributed by atoms with Crippen molar-refractivity contribution in [2.75, 3.05) is 26.2 Å². The van der Waals surface area contributed by atoms with E-state index in [0.29, 0.717) is 37.2 Å². The molecule has 0 aromatic heterocycles. The summed E-state index contributed by atoms with van der Waals surface area (Å²) < 4.78 is 18.3. The lowest BCUT2D eigenvalue weighted by molar-refractivity contribution is -0.122. The van der Waals surface area contributed by atoms with E-state index >= 15 is 0 Å². The maximum Gasteiger partial charge on any atom is 0.220 e. The fraction of sp³-hybridized carbons (Fsp3) is 0.632. The van der Waals surface area contributed by atoms with Crippen molar-refractivity contribution in [3.63, 3.8) is 0 Å². The van der Waals surface area contributed by atoms with Crippen molar-refractivity contribution in [1.82, 2.24) is 10.6 Å². The molecule has 0 radical (unpaired) electrons. The average Bonchev–Trinajstić information content (AvgIpc) is 2.60. The quantitative estimate of drug-likeness (QED) is 0.652. The highest BCUT2D eigenvalue weighted by atomic mass is 35.5. The Bertz CT molecular complexity index is 493. The number of carbonyl (C=O) groups is 1. The lowest BCUT2D eigenvalue weighted by atomic mass is 9.85. The van der Waals surface area contributed by atoms with E-state index in [1.165, 1.54) is 25.0 Å². The maximum atomic E-state index is 12.8. The Morgan fingerprint density at radius 2 is 2.12 bits per heavy atom. The molecule has 1 saturated heterocycles. The van der Waals surface area contributed by atoms with E-state index in [4.69, 9.17) is 4.74 Å². The first kappa shape index (κ1) is 21.7. The van der Waals surface area contributed by atoms with Crippen molar-refractivity contribution in [2.45, 2.75) is 39.0 Å². The fourth-order valence-corrected chi connectivity index (χ4v) is 3.07. The number of amides is 1. The van der Waals surface area contributed by atoms with Crippen LogP contribution < -0.4 is 15.4 Å². The number of hydrogen-bond acceptors (Lipinski definition) is 3. The Labute approximate surface area is 156 Å². The molecule has 1 aliphatic rings. The van der Waals surface area contributed by atoms with Crippen molar-refractivity contribution in [3.8, 4) is 5.75 Å². The second-order valence-corrected chi connectivity index (χ2v) is 6.65. The summed E-state index contributed by atoms with van der Waals surface area (Å²) in [6.07, 6.45) is 4.79. The van der Waals surface area contributed by atoms with E-state index in [-0.39, 0.29) is 24.1 Å². The van der Waals surface area contributed by atoms with Crippen molar-refractivity contribution in [1.29, 1.82) is 0 Å². The Kier molecular flexibility index (Phi) is 10.5. The van der Waals surface area contributed by atoms with Crippen LogP contribution in [0.2, 0.25) is 0 Å². The van der Waals surface area contributed by atoms with E-state index in [1.54, 1.807) is 12.1 Å². The van der Waals surface area contributed by atoms with Gasteiger partial charge in [0.1, 0.15) is 11.6 Å². The van der Waals surface area contributed by atoms with Gasteiger partial charge >= 0.3 is 0 Å². The third-order valence-corrected chi connectivity index (χ3v) is 4.62. The van der Waals surface area contributed by atoms with Gasteiger partial charge < -0.3 is 15.4 Å². The summed E-state index contributed by atoms with van der Waals surface area (Å²) in [7, 11) is 0. The Morgan fingerprint density at radius 1 is 1.36 bits per heavy atom. The van der Waals surface area contributed by atoms with Gasteiger partial charge in [-0.25, -0.2) is 4.39 Å². The van der Waals surface area contributed by atoms with Gasteiger partial charge in [-0.15, -0.1) is 12.4 Å². The summed E-state index contributed by atoms with van der Waals surface area (Å²) in [6.45, 7) is 5.57. The van der Waals surface area contributed by atoms with E-state index in [9.17, 15) is 9.18 Å². The number of ether oxygens (including phenoxy) is 1. The van der Waals surface area contributed by atoms with Gasteiger partial charge in [0.05, 0.1) is 6.61 Å². The Balaban J connectivity index is 0.00000312. The molecule has 25 heavy (non-hydrogen) atoms. The number of benzene rings is 1. The van der Waals surface area contributed by atoms with Gasteiger partial charge in [0.2, 0.25) is 5.91 Å². The molecular formula is C19H30ClFN2O2. The number of piperidine rings is 1. The molecule has 142 valence electrons. The highest BCUT2D eigenvalue weighted by molar-refractivity contribution is 5.85. The minimum absolute atomic E-state index is 0. The van der Waals surface area contributed by atoms with Crippen LogP contribution in [0, 0.1) is 17.7 Å². The summed E-state index contributed by atoms with van der Waals surface area (Å²) in [6, 6.07) is 6.02. The van der Waals surface area contributed by atoms with Crippen LogP contribution in [0.15, 0.2) is 24.3 Å². The molecule has 1 heterocycles. The SMILES string of the molecule is CC(CC(=O)NCCCCOc1ccc(F)cc1)C1CCCNC1.Cl. The zero-order valence-electron chi connectivity index (χ0n) is 14.9. The van der Waals surface area contributed by atoms with Gasteiger partial charge in [-0.2, -0.15) is 0 Å². The lowest BCUT2D eigenvalue weighted by Crippen LogP contribution is -2.35. The van der Waals surface area contributed by atoms with Crippen LogP contribution >= 0.6 is 12.4 Å². The molecule has 6 heteroatoms. The molecule has 2 N–H and O–H groups in total. The maximum absolute atomic E-state index is 12.8. The van der Waals surface area contributed by atoms with Crippen LogP contribution in [0.3, 0.4) is 0 Å². The molecule has 0 saturated carbocycles. The van der Waals surface area contributed by atoms with Gasteiger partial charge in [-0.3, -0.25) is 4.79 Å². The number of hydrogen-bond donors (Lipinski definition) is 2. The number of halogens is 2. The second-order valence-electron chi connectivity index (χ2n) is 6.65. The predicted molar refractivity (Wildman–Crippen MR) is 101 cm³/mol. The molecule has 2 unspecified atom stereocenters. The molecule has 1 aromatic carbocycles. The molecule has 1 aromatic rings. The number of unbranched alkanes of at least 4 members (excludes halogenated alkanes) is 1. The molecule has 4 nitrogen and oxygen atoms in total. The third-order valence-electron chi connectivity index (χ3n) is 4.62. The van der Waals surface area contributed by atoms with Crippen LogP contribution in [-0.2, 0) is 4.79 Å². The smallest absolute Gasteiger partial charge is 0.220 e. The van der Waals surface area contributed by atoms with E-state index in [1.807, 2.05) is 0 Å².